The van der Waals surface area contributed by atoms with Gasteiger partial charge in [0.15, 0.2) is 0 Å². The molecule has 1 unspecified atom stereocenters. The first-order valence-corrected chi connectivity index (χ1v) is 8.28. The number of nitrogens with one attached hydrogen (secondary N) is 1. The molecule has 1 amide bonds. The Bertz CT molecular complexity index is 390. The molecule has 0 saturated heterocycles. The Kier molecular flexibility index (Phi) is 10.8. The minimum absolute atomic E-state index is 0.0171. The molecule has 0 heterocycles. The Morgan fingerprint density at radius 3 is 2.39 bits per heavy atom. The zero-order valence-corrected chi connectivity index (χ0v) is 15.4. The Morgan fingerprint density at radius 1 is 1.17 bits per heavy atom. The van der Waals surface area contributed by atoms with Crippen molar-refractivity contribution in [1.82, 2.24) is 5.32 Å². The van der Waals surface area contributed by atoms with Crippen LogP contribution in [0, 0.1) is 0 Å². The minimum atomic E-state index is -0.424. The first-order valence-electron chi connectivity index (χ1n) is 8.28. The molecule has 5 nitrogen and oxygen atoms in total. The van der Waals surface area contributed by atoms with E-state index in [1.807, 2.05) is 27.7 Å². The van der Waals surface area contributed by atoms with E-state index in [0.717, 1.165) is 12.0 Å². The Labute approximate surface area is 140 Å². The molecule has 0 aliphatic carbocycles. The summed E-state index contributed by atoms with van der Waals surface area (Å²) in [6.45, 7) is 14.5. The van der Waals surface area contributed by atoms with Crippen molar-refractivity contribution in [3.63, 3.8) is 0 Å². The Hall–Kier alpha value is -1.20. The molecule has 1 atom stereocenters. The molecule has 5 heteroatoms. The number of carbonyl (C=O) groups excluding carboxylic acids is 2. The third-order valence-electron chi connectivity index (χ3n) is 3.31. The number of ether oxygens (including phenoxy) is 2. The van der Waals surface area contributed by atoms with Crippen LogP contribution in [-0.2, 0) is 19.1 Å². The maximum Gasteiger partial charge on any atom is 0.220 e. The molecule has 0 aliphatic heterocycles. The van der Waals surface area contributed by atoms with E-state index in [1.54, 1.807) is 6.92 Å². The van der Waals surface area contributed by atoms with Crippen LogP contribution in [0.1, 0.15) is 60.3 Å². The van der Waals surface area contributed by atoms with Crippen LogP contribution in [0.15, 0.2) is 12.2 Å². The van der Waals surface area contributed by atoms with Crippen molar-refractivity contribution >= 4 is 11.7 Å². The van der Waals surface area contributed by atoms with Gasteiger partial charge in [-0.05, 0) is 47.5 Å². The van der Waals surface area contributed by atoms with E-state index in [0.29, 0.717) is 39.0 Å². The summed E-state index contributed by atoms with van der Waals surface area (Å²) in [5.41, 5.74) is 0.584. The van der Waals surface area contributed by atoms with Gasteiger partial charge in [-0.3, -0.25) is 4.79 Å². The number of Topliss-reactive ketones (excluding diaryl/α,β-unsaturated/α-hetero) is 1. The molecule has 0 radical (unpaired) electrons. The molecule has 0 aromatic rings. The van der Waals surface area contributed by atoms with E-state index in [-0.39, 0.29) is 17.8 Å². The van der Waals surface area contributed by atoms with E-state index in [4.69, 9.17) is 9.47 Å². The molecular weight excluding hydrogens is 294 g/mol. The van der Waals surface area contributed by atoms with Crippen LogP contribution in [0.4, 0.5) is 0 Å². The van der Waals surface area contributed by atoms with E-state index < -0.39 is 5.60 Å². The average molecular weight is 327 g/mol. The van der Waals surface area contributed by atoms with Gasteiger partial charge in [-0.1, -0.05) is 5.57 Å². The van der Waals surface area contributed by atoms with Crippen molar-refractivity contribution in [1.29, 1.82) is 0 Å². The van der Waals surface area contributed by atoms with Crippen molar-refractivity contribution in [2.24, 2.45) is 0 Å². The lowest BCUT2D eigenvalue weighted by Crippen LogP contribution is -2.36. The third kappa shape index (κ3) is 14.1. The molecule has 23 heavy (non-hydrogen) atoms. The molecule has 0 aromatic heterocycles. The van der Waals surface area contributed by atoms with Gasteiger partial charge in [-0.25, -0.2) is 0 Å². The monoisotopic (exact) mass is 327 g/mol. The summed E-state index contributed by atoms with van der Waals surface area (Å²) in [7, 11) is 0. The Balaban J connectivity index is 3.80. The van der Waals surface area contributed by atoms with Gasteiger partial charge in [-0.15, -0.1) is 6.58 Å². The van der Waals surface area contributed by atoms with Gasteiger partial charge in [0.2, 0.25) is 5.91 Å². The topological polar surface area (TPSA) is 64.6 Å². The van der Waals surface area contributed by atoms with Crippen molar-refractivity contribution in [2.75, 3.05) is 19.8 Å². The summed E-state index contributed by atoms with van der Waals surface area (Å²) in [5, 5.41) is 2.82. The number of carbonyl (C=O) groups is 2. The number of allylic oxidation sites excluding steroid dienone is 1. The lowest BCUT2D eigenvalue weighted by atomic mass is 10.1. The number of hydrogen-bond acceptors (Lipinski definition) is 4. The predicted octanol–water partition coefficient (Wildman–Crippen LogP) is 3.03. The standard InChI is InChI=1S/C18H33NO4/c1-14(2)7-10-17(21)19-11-12-23-18(5,6)13-22-16(4)9-8-15(3)20/h16H,1,7-13H2,2-6H3,(H,19,21). The van der Waals surface area contributed by atoms with E-state index in [2.05, 4.69) is 11.9 Å². The zero-order chi connectivity index (χ0) is 17.9. The van der Waals surface area contributed by atoms with Crippen LogP contribution in [-0.4, -0.2) is 43.2 Å². The Morgan fingerprint density at radius 2 is 1.83 bits per heavy atom. The molecule has 0 rings (SSSR count). The molecule has 1 N–H and O–H groups in total. The normalized spacial score (nSPS) is 12.7. The summed E-state index contributed by atoms with van der Waals surface area (Å²) in [6.07, 6.45) is 2.48. The molecule has 0 spiro atoms. The lowest BCUT2D eigenvalue weighted by Gasteiger charge is -2.27. The fourth-order valence-corrected chi connectivity index (χ4v) is 1.81. The summed E-state index contributed by atoms with van der Waals surface area (Å²) in [5.74, 6) is 0.196. The molecule has 0 aliphatic rings. The fraction of sp³-hybridized carbons (Fsp3) is 0.778. The summed E-state index contributed by atoms with van der Waals surface area (Å²) < 4.78 is 11.5. The van der Waals surface area contributed by atoms with Gasteiger partial charge in [0.25, 0.3) is 0 Å². The van der Waals surface area contributed by atoms with Gasteiger partial charge in [0.1, 0.15) is 5.78 Å². The molecule has 0 saturated carbocycles. The van der Waals surface area contributed by atoms with Crippen LogP contribution in [0.2, 0.25) is 0 Å². The number of rotatable bonds is 13. The molecule has 134 valence electrons. The highest BCUT2D eigenvalue weighted by molar-refractivity contribution is 5.76. The van der Waals surface area contributed by atoms with Crippen LogP contribution < -0.4 is 5.32 Å². The maximum atomic E-state index is 11.6. The van der Waals surface area contributed by atoms with Gasteiger partial charge in [0, 0.05) is 19.4 Å². The second-order valence-electron chi connectivity index (χ2n) is 6.78. The first kappa shape index (κ1) is 21.8. The van der Waals surface area contributed by atoms with Crippen molar-refractivity contribution in [2.45, 2.75) is 72.0 Å². The van der Waals surface area contributed by atoms with Crippen LogP contribution in [0.25, 0.3) is 0 Å². The highest BCUT2D eigenvalue weighted by atomic mass is 16.5. The van der Waals surface area contributed by atoms with Gasteiger partial charge in [-0.2, -0.15) is 0 Å². The number of ketones is 1. The van der Waals surface area contributed by atoms with Gasteiger partial charge in [0.05, 0.1) is 24.9 Å². The number of hydrogen-bond donors (Lipinski definition) is 1. The summed E-state index contributed by atoms with van der Waals surface area (Å²) in [6, 6.07) is 0. The predicted molar refractivity (Wildman–Crippen MR) is 92.4 cm³/mol. The van der Waals surface area contributed by atoms with Crippen molar-refractivity contribution < 1.29 is 19.1 Å². The maximum absolute atomic E-state index is 11.6. The van der Waals surface area contributed by atoms with Crippen LogP contribution >= 0.6 is 0 Å². The smallest absolute Gasteiger partial charge is 0.220 e. The highest BCUT2D eigenvalue weighted by Crippen LogP contribution is 2.12. The molecule has 0 bridgehead atoms. The largest absolute Gasteiger partial charge is 0.376 e. The van der Waals surface area contributed by atoms with E-state index >= 15 is 0 Å². The van der Waals surface area contributed by atoms with Crippen LogP contribution in [0.3, 0.4) is 0 Å². The SMILES string of the molecule is C=C(C)CCC(=O)NCCOC(C)(C)COC(C)CCC(C)=O. The second kappa shape index (κ2) is 11.4. The molecular formula is C18H33NO4. The second-order valence-corrected chi connectivity index (χ2v) is 6.78. The van der Waals surface area contributed by atoms with Gasteiger partial charge < -0.3 is 19.6 Å². The summed E-state index contributed by atoms with van der Waals surface area (Å²) in [4.78, 5) is 22.5. The third-order valence-corrected chi connectivity index (χ3v) is 3.31. The van der Waals surface area contributed by atoms with E-state index in [1.165, 1.54) is 0 Å². The van der Waals surface area contributed by atoms with Crippen LogP contribution in [0.5, 0.6) is 0 Å². The molecule has 0 aromatic carbocycles. The fourth-order valence-electron chi connectivity index (χ4n) is 1.81. The summed E-state index contributed by atoms with van der Waals surface area (Å²) >= 11 is 0. The average Bonchev–Trinajstić information content (AvgIpc) is 2.45. The zero-order valence-electron chi connectivity index (χ0n) is 15.4. The first-order chi connectivity index (χ1) is 10.6. The minimum Gasteiger partial charge on any atom is -0.376 e. The lowest BCUT2D eigenvalue weighted by molar-refractivity contribution is -0.123. The van der Waals surface area contributed by atoms with E-state index in [9.17, 15) is 9.59 Å². The van der Waals surface area contributed by atoms with Crippen molar-refractivity contribution in [3.8, 4) is 0 Å². The van der Waals surface area contributed by atoms with Gasteiger partial charge >= 0.3 is 0 Å². The molecule has 0 fully saturated rings. The highest BCUT2D eigenvalue weighted by Gasteiger charge is 2.20. The quantitative estimate of drug-likeness (QED) is 0.417. The number of amides is 1. The van der Waals surface area contributed by atoms with Crippen molar-refractivity contribution in [3.05, 3.63) is 12.2 Å².